The summed E-state index contributed by atoms with van der Waals surface area (Å²) in [6.07, 6.45) is 7.54. The molecule has 1 nitrogen and oxygen atoms in total. The third-order valence-electron chi connectivity index (χ3n) is 3.10. The fourth-order valence-corrected chi connectivity index (χ4v) is 2.10. The molecule has 1 aromatic carbocycles. The van der Waals surface area contributed by atoms with Crippen molar-refractivity contribution in [1.82, 2.24) is 0 Å². The molecule has 0 amide bonds. The normalized spacial score (nSPS) is 18.4. The molecule has 2 rings (SSSR count). The zero-order chi connectivity index (χ0) is 10.7. The lowest BCUT2D eigenvalue weighted by molar-refractivity contribution is 0.742. The van der Waals surface area contributed by atoms with Crippen molar-refractivity contribution in [3.05, 3.63) is 41.5 Å². The highest BCUT2D eigenvalue weighted by Crippen LogP contribution is 2.27. The maximum absolute atomic E-state index is 5.83. The second-order valence-electron chi connectivity index (χ2n) is 4.39. The van der Waals surface area contributed by atoms with E-state index >= 15 is 0 Å². The van der Waals surface area contributed by atoms with Gasteiger partial charge >= 0.3 is 0 Å². The van der Waals surface area contributed by atoms with Crippen LogP contribution in [0.5, 0.6) is 0 Å². The molecule has 0 aliphatic heterocycles. The van der Waals surface area contributed by atoms with Gasteiger partial charge in [-0.1, -0.05) is 30.3 Å². The highest BCUT2D eigenvalue weighted by atomic mass is 14.6. The molecule has 1 unspecified atom stereocenters. The van der Waals surface area contributed by atoms with Gasteiger partial charge in [0, 0.05) is 6.04 Å². The Labute approximate surface area is 92.0 Å². The summed E-state index contributed by atoms with van der Waals surface area (Å²) >= 11 is 0. The topological polar surface area (TPSA) is 26.0 Å². The molecular weight excluding hydrogens is 182 g/mol. The standard InChI is InChI=1S/C14H19N/c1-11(15)12-7-9-14(10-8-12)13-5-3-2-4-6-13/h5,7-11H,2-4,6,15H2,1H3. The van der Waals surface area contributed by atoms with E-state index in [0.717, 1.165) is 0 Å². The molecule has 0 aromatic heterocycles. The SMILES string of the molecule is CC(N)c1ccc(C2=CCCCC2)cc1. The number of rotatable bonds is 2. The van der Waals surface area contributed by atoms with Crippen molar-refractivity contribution in [2.75, 3.05) is 0 Å². The first kappa shape index (κ1) is 10.4. The highest BCUT2D eigenvalue weighted by Gasteiger charge is 2.06. The zero-order valence-electron chi connectivity index (χ0n) is 9.37. The van der Waals surface area contributed by atoms with Crippen LogP contribution in [0, 0.1) is 0 Å². The second kappa shape index (κ2) is 4.63. The van der Waals surface area contributed by atoms with Crippen molar-refractivity contribution >= 4 is 5.57 Å². The van der Waals surface area contributed by atoms with Crippen LogP contribution in [0.1, 0.15) is 49.8 Å². The first-order valence-corrected chi connectivity index (χ1v) is 5.82. The van der Waals surface area contributed by atoms with Crippen molar-refractivity contribution in [1.29, 1.82) is 0 Å². The number of hydrogen-bond donors (Lipinski definition) is 1. The van der Waals surface area contributed by atoms with Crippen molar-refractivity contribution in [3.8, 4) is 0 Å². The van der Waals surface area contributed by atoms with Crippen LogP contribution in [0.4, 0.5) is 0 Å². The molecule has 15 heavy (non-hydrogen) atoms. The van der Waals surface area contributed by atoms with Gasteiger partial charge in [-0.15, -0.1) is 0 Å². The van der Waals surface area contributed by atoms with Gasteiger partial charge < -0.3 is 5.73 Å². The van der Waals surface area contributed by atoms with E-state index in [0.29, 0.717) is 0 Å². The summed E-state index contributed by atoms with van der Waals surface area (Å²) in [6.45, 7) is 2.02. The van der Waals surface area contributed by atoms with E-state index in [2.05, 4.69) is 30.3 Å². The smallest absolute Gasteiger partial charge is 0.0266 e. The monoisotopic (exact) mass is 201 g/mol. The minimum absolute atomic E-state index is 0.138. The van der Waals surface area contributed by atoms with E-state index in [9.17, 15) is 0 Å². The van der Waals surface area contributed by atoms with Gasteiger partial charge in [-0.25, -0.2) is 0 Å². The van der Waals surface area contributed by atoms with E-state index in [1.54, 1.807) is 0 Å². The Bertz CT molecular complexity index is 346. The van der Waals surface area contributed by atoms with Gasteiger partial charge in [0.15, 0.2) is 0 Å². The molecule has 0 saturated carbocycles. The van der Waals surface area contributed by atoms with E-state index in [-0.39, 0.29) is 6.04 Å². The molecule has 0 radical (unpaired) electrons. The number of nitrogens with two attached hydrogens (primary N) is 1. The van der Waals surface area contributed by atoms with Crippen LogP contribution in [0.15, 0.2) is 30.3 Å². The summed E-state index contributed by atoms with van der Waals surface area (Å²) in [4.78, 5) is 0. The highest BCUT2D eigenvalue weighted by molar-refractivity contribution is 5.66. The molecule has 0 bridgehead atoms. The van der Waals surface area contributed by atoms with E-state index < -0.39 is 0 Å². The second-order valence-corrected chi connectivity index (χ2v) is 4.39. The van der Waals surface area contributed by atoms with Crippen molar-refractivity contribution < 1.29 is 0 Å². The van der Waals surface area contributed by atoms with Crippen LogP contribution in [0.25, 0.3) is 5.57 Å². The maximum Gasteiger partial charge on any atom is 0.0266 e. The molecule has 1 heteroatoms. The molecule has 1 aliphatic rings. The van der Waals surface area contributed by atoms with Gasteiger partial charge in [0.1, 0.15) is 0 Å². The Morgan fingerprint density at radius 3 is 2.40 bits per heavy atom. The van der Waals surface area contributed by atoms with E-state index in [1.165, 1.54) is 42.4 Å². The van der Waals surface area contributed by atoms with Crippen LogP contribution in [-0.2, 0) is 0 Å². The first-order chi connectivity index (χ1) is 7.27. The minimum atomic E-state index is 0.138. The molecule has 0 spiro atoms. The average Bonchev–Trinajstić information content (AvgIpc) is 2.30. The predicted octanol–water partition coefficient (Wildman–Crippen LogP) is 3.66. The lowest BCUT2D eigenvalue weighted by atomic mass is 9.93. The van der Waals surface area contributed by atoms with Crippen LogP contribution in [0.3, 0.4) is 0 Å². The number of benzene rings is 1. The Morgan fingerprint density at radius 1 is 1.13 bits per heavy atom. The third kappa shape index (κ3) is 2.48. The Balaban J connectivity index is 2.19. The molecule has 0 saturated heterocycles. The van der Waals surface area contributed by atoms with Crippen LogP contribution in [-0.4, -0.2) is 0 Å². The van der Waals surface area contributed by atoms with Gasteiger partial charge in [0.2, 0.25) is 0 Å². The predicted molar refractivity (Wildman–Crippen MR) is 65.5 cm³/mol. The number of allylic oxidation sites excluding steroid dienone is 2. The quantitative estimate of drug-likeness (QED) is 0.776. The molecule has 1 atom stereocenters. The molecule has 1 aromatic rings. The van der Waals surface area contributed by atoms with Gasteiger partial charge in [-0.3, -0.25) is 0 Å². The summed E-state index contributed by atoms with van der Waals surface area (Å²) in [5.41, 5.74) is 9.93. The minimum Gasteiger partial charge on any atom is -0.324 e. The average molecular weight is 201 g/mol. The van der Waals surface area contributed by atoms with E-state index in [4.69, 9.17) is 5.73 Å². The van der Waals surface area contributed by atoms with Crippen LogP contribution >= 0.6 is 0 Å². The fraction of sp³-hybridized carbons (Fsp3) is 0.429. The summed E-state index contributed by atoms with van der Waals surface area (Å²) < 4.78 is 0. The lowest BCUT2D eigenvalue weighted by Crippen LogP contribution is -2.04. The lowest BCUT2D eigenvalue weighted by Gasteiger charge is -2.13. The van der Waals surface area contributed by atoms with Gasteiger partial charge in [0.05, 0.1) is 0 Å². The first-order valence-electron chi connectivity index (χ1n) is 5.82. The Hall–Kier alpha value is -1.08. The summed E-state index contributed by atoms with van der Waals surface area (Å²) in [7, 11) is 0. The van der Waals surface area contributed by atoms with Gasteiger partial charge in [-0.05, 0) is 49.3 Å². The Morgan fingerprint density at radius 2 is 1.87 bits per heavy atom. The fourth-order valence-electron chi connectivity index (χ4n) is 2.10. The molecular formula is C14H19N. The summed E-state index contributed by atoms with van der Waals surface area (Å²) in [5.74, 6) is 0. The van der Waals surface area contributed by atoms with Crippen molar-refractivity contribution in [2.24, 2.45) is 5.73 Å². The largest absolute Gasteiger partial charge is 0.324 e. The molecule has 0 fully saturated rings. The van der Waals surface area contributed by atoms with Crippen molar-refractivity contribution in [3.63, 3.8) is 0 Å². The zero-order valence-corrected chi connectivity index (χ0v) is 9.37. The molecule has 1 aliphatic carbocycles. The van der Waals surface area contributed by atoms with Crippen LogP contribution < -0.4 is 5.73 Å². The Kier molecular flexibility index (Phi) is 3.22. The molecule has 0 heterocycles. The summed E-state index contributed by atoms with van der Waals surface area (Å²) in [5, 5.41) is 0. The van der Waals surface area contributed by atoms with Gasteiger partial charge in [0.25, 0.3) is 0 Å². The maximum atomic E-state index is 5.83. The molecule has 2 N–H and O–H groups in total. The number of hydrogen-bond acceptors (Lipinski definition) is 1. The van der Waals surface area contributed by atoms with E-state index in [1.807, 2.05) is 6.92 Å². The third-order valence-corrected chi connectivity index (χ3v) is 3.10. The van der Waals surface area contributed by atoms with Gasteiger partial charge in [-0.2, -0.15) is 0 Å². The molecule has 80 valence electrons. The van der Waals surface area contributed by atoms with Crippen molar-refractivity contribution in [2.45, 2.75) is 38.6 Å². The van der Waals surface area contributed by atoms with Crippen LogP contribution in [0.2, 0.25) is 0 Å². The summed E-state index contributed by atoms with van der Waals surface area (Å²) in [6, 6.07) is 8.84.